The highest BCUT2D eigenvalue weighted by Gasteiger charge is 2.33. The molecule has 5 heteroatoms. The van der Waals surface area contributed by atoms with Gasteiger partial charge in [-0.1, -0.05) is 17.7 Å². The Labute approximate surface area is 117 Å². The summed E-state index contributed by atoms with van der Waals surface area (Å²) in [7, 11) is 0. The predicted molar refractivity (Wildman–Crippen MR) is 73.4 cm³/mol. The van der Waals surface area contributed by atoms with Crippen LogP contribution in [0.4, 0.5) is 4.39 Å². The smallest absolute Gasteiger partial charge is 0.223 e. The zero-order valence-corrected chi connectivity index (χ0v) is 11.7. The van der Waals surface area contributed by atoms with Gasteiger partial charge in [-0.3, -0.25) is 4.79 Å². The summed E-state index contributed by atoms with van der Waals surface area (Å²) in [6, 6.07) is 3.82. The van der Waals surface area contributed by atoms with E-state index in [1.165, 1.54) is 12.1 Å². The number of benzene rings is 1. The van der Waals surface area contributed by atoms with Crippen molar-refractivity contribution in [1.82, 2.24) is 4.90 Å². The second kappa shape index (κ2) is 5.88. The van der Waals surface area contributed by atoms with Crippen molar-refractivity contribution in [3.8, 4) is 0 Å². The van der Waals surface area contributed by atoms with Gasteiger partial charge in [0.1, 0.15) is 5.82 Å². The Morgan fingerprint density at radius 3 is 2.89 bits per heavy atom. The van der Waals surface area contributed by atoms with Crippen molar-refractivity contribution in [2.75, 3.05) is 6.54 Å². The molecule has 0 aromatic heterocycles. The molecule has 19 heavy (non-hydrogen) atoms. The van der Waals surface area contributed by atoms with E-state index in [1.807, 2.05) is 6.92 Å². The molecular formula is C14H18ClFN2O. The molecule has 1 aromatic rings. The van der Waals surface area contributed by atoms with Gasteiger partial charge in [0.25, 0.3) is 0 Å². The average Bonchev–Trinajstić information content (AvgIpc) is 2.49. The summed E-state index contributed by atoms with van der Waals surface area (Å²) in [5, 5.41) is 0.327. The zero-order valence-electron chi connectivity index (χ0n) is 10.9. The van der Waals surface area contributed by atoms with Crippen molar-refractivity contribution >= 4 is 17.5 Å². The Kier molecular flexibility index (Phi) is 4.42. The van der Waals surface area contributed by atoms with Crippen LogP contribution in [-0.4, -0.2) is 23.4 Å². The molecular weight excluding hydrogens is 267 g/mol. The first-order valence-corrected chi connectivity index (χ1v) is 6.92. The first kappa shape index (κ1) is 14.3. The quantitative estimate of drug-likeness (QED) is 0.908. The summed E-state index contributed by atoms with van der Waals surface area (Å²) in [5.41, 5.74) is 6.93. The third-order valence-corrected chi connectivity index (χ3v) is 3.94. The summed E-state index contributed by atoms with van der Waals surface area (Å²) >= 11 is 6.12. The SMILES string of the molecule is CCN1C(=O)CCCC(N)C1c1ccc(F)cc1Cl. The van der Waals surface area contributed by atoms with Crippen LogP contribution >= 0.6 is 11.6 Å². The fourth-order valence-electron chi connectivity index (χ4n) is 2.69. The summed E-state index contributed by atoms with van der Waals surface area (Å²) < 4.78 is 13.2. The Balaban J connectivity index is 2.44. The van der Waals surface area contributed by atoms with E-state index < -0.39 is 0 Å². The van der Waals surface area contributed by atoms with E-state index >= 15 is 0 Å². The standard InChI is InChI=1S/C14H18ClFN2O/c1-2-18-13(19)5-3-4-12(17)14(18)10-7-6-9(16)8-11(10)15/h6-8,12,14H,2-5,17H2,1H3. The Bertz CT molecular complexity index is 481. The van der Waals surface area contributed by atoms with Crippen LogP contribution in [0.25, 0.3) is 0 Å². The highest BCUT2D eigenvalue weighted by Crippen LogP contribution is 2.34. The Morgan fingerprint density at radius 1 is 1.53 bits per heavy atom. The summed E-state index contributed by atoms with van der Waals surface area (Å²) in [6.45, 7) is 2.49. The van der Waals surface area contributed by atoms with Crippen LogP contribution in [-0.2, 0) is 4.79 Å². The minimum Gasteiger partial charge on any atom is -0.334 e. The van der Waals surface area contributed by atoms with Gasteiger partial charge >= 0.3 is 0 Å². The average molecular weight is 285 g/mol. The fourth-order valence-corrected chi connectivity index (χ4v) is 2.97. The van der Waals surface area contributed by atoms with Gasteiger partial charge in [0.05, 0.1) is 6.04 Å². The number of carbonyl (C=O) groups excluding carboxylic acids is 1. The lowest BCUT2D eigenvalue weighted by Gasteiger charge is -2.33. The number of halogens is 2. The van der Waals surface area contributed by atoms with Crippen LogP contribution in [0.1, 0.15) is 37.8 Å². The van der Waals surface area contributed by atoms with Gasteiger partial charge in [0.2, 0.25) is 5.91 Å². The van der Waals surface area contributed by atoms with E-state index in [2.05, 4.69) is 0 Å². The number of amides is 1. The molecule has 1 aliphatic heterocycles. The molecule has 3 nitrogen and oxygen atoms in total. The van der Waals surface area contributed by atoms with Gasteiger partial charge in [-0.15, -0.1) is 0 Å². The van der Waals surface area contributed by atoms with Crippen LogP contribution in [0.5, 0.6) is 0 Å². The van der Waals surface area contributed by atoms with Crippen molar-refractivity contribution in [2.45, 2.75) is 38.3 Å². The van der Waals surface area contributed by atoms with Crippen LogP contribution in [0.2, 0.25) is 5.02 Å². The van der Waals surface area contributed by atoms with Gasteiger partial charge in [0.15, 0.2) is 0 Å². The molecule has 1 heterocycles. The third kappa shape index (κ3) is 2.90. The minimum absolute atomic E-state index is 0.0841. The van der Waals surface area contributed by atoms with Crippen LogP contribution in [0.3, 0.4) is 0 Å². The highest BCUT2D eigenvalue weighted by molar-refractivity contribution is 6.31. The minimum atomic E-state index is -0.384. The molecule has 1 fully saturated rings. The monoisotopic (exact) mass is 284 g/mol. The topological polar surface area (TPSA) is 46.3 Å². The lowest BCUT2D eigenvalue weighted by molar-refractivity contribution is -0.133. The molecule has 0 aliphatic carbocycles. The zero-order chi connectivity index (χ0) is 14.0. The van der Waals surface area contributed by atoms with Crippen molar-refractivity contribution in [1.29, 1.82) is 0 Å². The molecule has 0 bridgehead atoms. The maximum atomic E-state index is 13.2. The molecule has 1 amide bonds. The van der Waals surface area contributed by atoms with E-state index in [4.69, 9.17) is 17.3 Å². The molecule has 0 saturated carbocycles. The largest absolute Gasteiger partial charge is 0.334 e. The Morgan fingerprint density at radius 2 is 2.26 bits per heavy atom. The van der Waals surface area contributed by atoms with Gasteiger partial charge in [0, 0.05) is 24.0 Å². The number of likely N-dealkylation sites (tertiary alicyclic amines) is 1. The summed E-state index contributed by atoms with van der Waals surface area (Å²) in [6.07, 6.45) is 2.06. The number of nitrogens with zero attached hydrogens (tertiary/aromatic N) is 1. The number of rotatable bonds is 2. The first-order valence-electron chi connectivity index (χ1n) is 6.54. The van der Waals surface area contributed by atoms with Crippen LogP contribution < -0.4 is 5.73 Å². The van der Waals surface area contributed by atoms with Crippen molar-refractivity contribution < 1.29 is 9.18 Å². The molecule has 1 aliphatic rings. The molecule has 2 N–H and O–H groups in total. The molecule has 104 valence electrons. The maximum absolute atomic E-state index is 13.2. The molecule has 0 radical (unpaired) electrons. The summed E-state index contributed by atoms with van der Waals surface area (Å²) in [4.78, 5) is 13.9. The molecule has 2 rings (SSSR count). The highest BCUT2D eigenvalue weighted by atomic mass is 35.5. The molecule has 1 saturated heterocycles. The normalized spacial score (nSPS) is 24.4. The van der Waals surface area contributed by atoms with Crippen LogP contribution in [0, 0.1) is 5.82 Å². The Hall–Kier alpha value is -1.13. The van der Waals surface area contributed by atoms with Crippen LogP contribution in [0.15, 0.2) is 18.2 Å². The summed E-state index contributed by atoms with van der Waals surface area (Å²) in [5.74, 6) is -0.300. The lowest BCUT2D eigenvalue weighted by atomic mass is 9.96. The van der Waals surface area contributed by atoms with E-state index in [0.29, 0.717) is 18.0 Å². The van der Waals surface area contributed by atoms with Gasteiger partial charge in [-0.2, -0.15) is 0 Å². The lowest BCUT2D eigenvalue weighted by Crippen LogP contribution is -2.42. The van der Waals surface area contributed by atoms with E-state index in [0.717, 1.165) is 18.4 Å². The van der Waals surface area contributed by atoms with Crippen molar-refractivity contribution in [2.24, 2.45) is 5.73 Å². The number of hydrogen-bond acceptors (Lipinski definition) is 2. The first-order chi connectivity index (χ1) is 9.04. The number of hydrogen-bond donors (Lipinski definition) is 1. The number of nitrogens with two attached hydrogens (primary N) is 1. The molecule has 2 unspecified atom stereocenters. The van der Waals surface area contributed by atoms with Gasteiger partial charge < -0.3 is 10.6 Å². The van der Waals surface area contributed by atoms with Gasteiger partial charge in [-0.05, 0) is 37.5 Å². The van der Waals surface area contributed by atoms with Crippen molar-refractivity contribution in [3.05, 3.63) is 34.6 Å². The fraction of sp³-hybridized carbons (Fsp3) is 0.500. The van der Waals surface area contributed by atoms with E-state index in [1.54, 1.807) is 11.0 Å². The molecule has 0 spiro atoms. The number of carbonyl (C=O) groups is 1. The van der Waals surface area contributed by atoms with Crippen molar-refractivity contribution in [3.63, 3.8) is 0 Å². The van der Waals surface area contributed by atoms with E-state index in [9.17, 15) is 9.18 Å². The third-order valence-electron chi connectivity index (χ3n) is 3.61. The molecule has 1 aromatic carbocycles. The van der Waals surface area contributed by atoms with Gasteiger partial charge in [-0.25, -0.2) is 4.39 Å². The number of likely N-dealkylation sites (N-methyl/N-ethyl adjacent to an activating group) is 1. The second-order valence-corrected chi connectivity index (χ2v) is 5.25. The maximum Gasteiger partial charge on any atom is 0.223 e. The predicted octanol–water partition coefficient (Wildman–Crippen LogP) is 2.88. The second-order valence-electron chi connectivity index (χ2n) is 4.85. The van der Waals surface area contributed by atoms with E-state index in [-0.39, 0.29) is 23.8 Å². The molecule has 2 atom stereocenters.